The van der Waals surface area contributed by atoms with E-state index in [2.05, 4.69) is 17.6 Å². The minimum Gasteiger partial charge on any atom is -0.454 e. The molecule has 0 saturated carbocycles. The van der Waals surface area contributed by atoms with E-state index < -0.39 is 0 Å². The monoisotopic (exact) mass is 215 g/mol. The Bertz CT molecular complexity index is 485. The van der Waals surface area contributed by atoms with Crippen LogP contribution in [-0.4, -0.2) is 5.91 Å². The molecule has 3 heteroatoms. The van der Waals surface area contributed by atoms with E-state index in [1.54, 1.807) is 0 Å². The molecule has 1 N–H and O–H groups in total. The molecule has 0 saturated heterocycles. The summed E-state index contributed by atoms with van der Waals surface area (Å²) >= 11 is 0. The van der Waals surface area contributed by atoms with Crippen molar-refractivity contribution in [3.63, 3.8) is 0 Å². The minimum absolute atomic E-state index is 0.0329. The van der Waals surface area contributed by atoms with Gasteiger partial charge in [0.1, 0.15) is 6.26 Å². The van der Waals surface area contributed by atoms with E-state index in [-0.39, 0.29) is 5.91 Å². The number of amides is 1. The average molecular weight is 215 g/mol. The number of ether oxygens (including phenoxy) is 1. The second-order valence-corrected chi connectivity index (χ2v) is 3.73. The van der Waals surface area contributed by atoms with Crippen molar-refractivity contribution in [1.29, 1.82) is 0 Å². The fraction of sp³-hybridized carbons (Fsp3) is 0.231. The van der Waals surface area contributed by atoms with Crippen LogP contribution in [0.4, 0.5) is 5.69 Å². The molecule has 1 amide bonds. The van der Waals surface area contributed by atoms with Crippen LogP contribution in [-0.2, 0) is 11.2 Å². The second-order valence-electron chi connectivity index (χ2n) is 3.73. The highest BCUT2D eigenvalue weighted by molar-refractivity contribution is 5.96. The Labute approximate surface area is 94.4 Å². The zero-order valence-corrected chi connectivity index (χ0v) is 9.17. The van der Waals surface area contributed by atoms with Gasteiger partial charge in [-0.15, -0.1) is 0 Å². The quantitative estimate of drug-likeness (QED) is 0.608. The number of fused-ring (bicyclic) bond motifs is 1. The summed E-state index contributed by atoms with van der Waals surface area (Å²) < 4.78 is 5.42. The first kappa shape index (κ1) is 10.5. The summed E-state index contributed by atoms with van der Waals surface area (Å²) in [4.78, 5) is 11.4. The van der Waals surface area contributed by atoms with Crippen LogP contribution >= 0.6 is 0 Å². The number of hydrogen-bond acceptors (Lipinski definition) is 2. The van der Waals surface area contributed by atoms with Crippen LogP contribution in [0, 0.1) is 6.92 Å². The molecule has 1 aromatic carbocycles. The van der Waals surface area contributed by atoms with Gasteiger partial charge in [-0.3, -0.25) is 4.79 Å². The zero-order valence-electron chi connectivity index (χ0n) is 9.17. The summed E-state index contributed by atoms with van der Waals surface area (Å²) in [6.07, 6.45) is 2.69. The molecule has 1 aliphatic rings. The van der Waals surface area contributed by atoms with Crippen molar-refractivity contribution in [3.05, 3.63) is 41.8 Å². The maximum atomic E-state index is 11.4. The number of carbonyl (C=O) groups is 1. The lowest BCUT2D eigenvalue weighted by Gasteiger charge is -2.20. The number of hydrogen-bond donors (Lipinski definition) is 1. The number of carbonyl (C=O) groups excluding carboxylic acids is 1. The summed E-state index contributed by atoms with van der Waals surface area (Å²) in [5.74, 6) is 0.715. The molecule has 0 radical (unpaired) electrons. The van der Waals surface area contributed by atoms with Crippen molar-refractivity contribution in [1.82, 2.24) is 0 Å². The minimum atomic E-state index is 0.0329. The third-order valence-electron chi connectivity index (χ3n) is 2.59. The zero-order chi connectivity index (χ0) is 11.5. The van der Waals surface area contributed by atoms with Crippen LogP contribution in [0.1, 0.15) is 17.5 Å². The van der Waals surface area contributed by atoms with Crippen molar-refractivity contribution in [3.8, 4) is 5.75 Å². The van der Waals surface area contributed by atoms with Gasteiger partial charge in [-0.2, -0.15) is 0 Å². The average Bonchev–Trinajstić information content (AvgIpc) is 2.28. The fourth-order valence-electron chi connectivity index (χ4n) is 1.78. The van der Waals surface area contributed by atoms with Crippen LogP contribution in [0.15, 0.2) is 30.7 Å². The Kier molecular flexibility index (Phi) is 2.80. The molecule has 3 nitrogen and oxygen atoms in total. The lowest BCUT2D eigenvalue weighted by Crippen LogP contribution is -2.19. The highest BCUT2D eigenvalue weighted by atomic mass is 16.5. The van der Waals surface area contributed by atoms with Gasteiger partial charge in [0, 0.05) is 6.42 Å². The molecule has 0 aromatic heterocycles. The molecular weight excluding hydrogens is 202 g/mol. The Morgan fingerprint density at radius 3 is 3.06 bits per heavy atom. The Balaban J connectivity index is 2.48. The summed E-state index contributed by atoms with van der Waals surface area (Å²) in [6.45, 7) is 5.38. The van der Waals surface area contributed by atoms with Gasteiger partial charge < -0.3 is 10.1 Å². The Morgan fingerprint density at radius 1 is 1.50 bits per heavy atom. The van der Waals surface area contributed by atoms with Crippen molar-refractivity contribution in [2.45, 2.75) is 19.8 Å². The highest BCUT2D eigenvalue weighted by Gasteiger charge is 2.19. The van der Waals surface area contributed by atoms with E-state index in [4.69, 9.17) is 4.74 Å². The Morgan fingerprint density at radius 2 is 2.31 bits per heavy atom. The number of aryl methyl sites for hydroxylation is 2. The molecule has 0 atom stereocenters. The van der Waals surface area contributed by atoms with Gasteiger partial charge in [0.2, 0.25) is 5.91 Å². The predicted octanol–water partition coefficient (Wildman–Crippen LogP) is 2.56. The van der Waals surface area contributed by atoms with Gasteiger partial charge in [-0.25, -0.2) is 0 Å². The molecule has 1 aromatic rings. The molecule has 0 unspecified atom stereocenters. The number of nitrogens with one attached hydrogen (secondary N) is 1. The molecule has 0 spiro atoms. The molecular formula is C13H13NO2. The van der Waals surface area contributed by atoms with Crippen LogP contribution in [0.3, 0.4) is 0 Å². The van der Waals surface area contributed by atoms with E-state index in [1.807, 2.05) is 19.1 Å². The van der Waals surface area contributed by atoms with E-state index >= 15 is 0 Å². The molecule has 1 aliphatic heterocycles. The summed E-state index contributed by atoms with van der Waals surface area (Å²) in [7, 11) is 0. The van der Waals surface area contributed by atoms with Gasteiger partial charge in [0.15, 0.2) is 5.75 Å². The first-order chi connectivity index (χ1) is 7.72. The smallest absolute Gasteiger partial charge is 0.224 e. The normalized spacial score (nSPS) is 13.4. The lowest BCUT2D eigenvalue weighted by atomic mass is 10.00. The maximum Gasteiger partial charge on any atom is 0.224 e. The predicted molar refractivity (Wildman–Crippen MR) is 62.5 cm³/mol. The molecule has 2 rings (SSSR count). The first-order valence-corrected chi connectivity index (χ1v) is 5.15. The van der Waals surface area contributed by atoms with Crippen LogP contribution in [0.25, 0.3) is 0 Å². The standard InChI is InChI=1S/C13H13NO2/c1-3-8-16-13-9(2)4-5-10-6-7-11(15)14-12(10)13/h4-5,8H,1,6-7H2,2H3,(H,14,15). The van der Waals surface area contributed by atoms with Crippen LogP contribution in [0.2, 0.25) is 0 Å². The third-order valence-corrected chi connectivity index (χ3v) is 2.59. The number of rotatable bonds is 2. The van der Waals surface area contributed by atoms with E-state index in [0.717, 1.165) is 23.2 Å². The highest BCUT2D eigenvalue weighted by Crippen LogP contribution is 2.35. The Hall–Kier alpha value is -1.99. The van der Waals surface area contributed by atoms with Gasteiger partial charge in [-0.1, -0.05) is 24.4 Å². The first-order valence-electron chi connectivity index (χ1n) is 5.15. The molecule has 82 valence electrons. The maximum absolute atomic E-state index is 11.4. The van der Waals surface area contributed by atoms with Crippen LogP contribution < -0.4 is 10.1 Å². The van der Waals surface area contributed by atoms with Gasteiger partial charge in [0.25, 0.3) is 0 Å². The largest absolute Gasteiger partial charge is 0.454 e. The molecule has 0 aliphatic carbocycles. The summed E-state index contributed by atoms with van der Waals surface area (Å²) in [6, 6.07) is 4.01. The van der Waals surface area contributed by atoms with E-state index in [0.29, 0.717) is 12.2 Å². The molecule has 1 heterocycles. The van der Waals surface area contributed by atoms with Crippen LogP contribution in [0.5, 0.6) is 5.75 Å². The SMILES string of the molecule is C=C=COc1c(C)ccc2c1NC(=O)CC2. The fourth-order valence-corrected chi connectivity index (χ4v) is 1.78. The lowest BCUT2D eigenvalue weighted by molar-refractivity contribution is -0.116. The van der Waals surface area contributed by atoms with Crippen molar-refractivity contribution >= 4 is 11.6 Å². The van der Waals surface area contributed by atoms with Crippen molar-refractivity contribution < 1.29 is 9.53 Å². The van der Waals surface area contributed by atoms with Gasteiger partial charge in [0.05, 0.1) is 5.69 Å². The molecule has 16 heavy (non-hydrogen) atoms. The van der Waals surface area contributed by atoms with Gasteiger partial charge >= 0.3 is 0 Å². The second kappa shape index (κ2) is 4.25. The summed E-state index contributed by atoms with van der Waals surface area (Å²) in [5, 5.41) is 2.85. The van der Waals surface area contributed by atoms with Gasteiger partial charge in [-0.05, 0) is 24.5 Å². The number of anilines is 1. The van der Waals surface area contributed by atoms with E-state index in [9.17, 15) is 4.79 Å². The van der Waals surface area contributed by atoms with E-state index in [1.165, 1.54) is 6.26 Å². The van der Waals surface area contributed by atoms with Crippen molar-refractivity contribution in [2.24, 2.45) is 0 Å². The third kappa shape index (κ3) is 1.86. The topological polar surface area (TPSA) is 38.3 Å². The van der Waals surface area contributed by atoms with Crippen molar-refractivity contribution in [2.75, 3.05) is 5.32 Å². The number of benzene rings is 1. The molecule has 0 bridgehead atoms. The summed E-state index contributed by atoms with van der Waals surface area (Å²) in [5.41, 5.74) is 5.42. The molecule has 0 fully saturated rings.